The van der Waals surface area contributed by atoms with Gasteiger partial charge in [-0.3, -0.25) is 9.35 Å². The quantitative estimate of drug-likeness (QED) is 0.163. The van der Waals surface area contributed by atoms with Crippen molar-refractivity contribution in [3.63, 3.8) is 0 Å². The van der Waals surface area contributed by atoms with Crippen molar-refractivity contribution >= 4 is 22.3 Å². The Balaban J connectivity index is 0. The summed E-state index contributed by atoms with van der Waals surface area (Å²) < 4.78 is 35.3. The molecule has 0 aliphatic rings. The molecule has 0 unspecified atom stereocenters. The maximum atomic E-state index is 12.6. The summed E-state index contributed by atoms with van der Waals surface area (Å²) in [6, 6.07) is 0. The minimum atomic E-state index is -5.00. The van der Waals surface area contributed by atoms with Crippen molar-refractivity contribution < 1.29 is 61.4 Å². The molecular formula is C22H41NaO7S. The van der Waals surface area contributed by atoms with Crippen molar-refractivity contribution in [3.8, 4) is 0 Å². The van der Waals surface area contributed by atoms with Crippen LogP contribution in [0.2, 0.25) is 0 Å². The van der Waals surface area contributed by atoms with Gasteiger partial charge in [-0.2, -0.15) is 8.42 Å². The second-order valence-electron chi connectivity index (χ2n) is 8.37. The van der Waals surface area contributed by atoms with Crippen molar-refractivity contribution in [1.82, 2.24) is 0 Å². The van der Waals surface area contributed by atoms with E-state index >= 15 is 0 Å². The molecule has 31 heavy (non-hydrogen) atoms. The van der Waals surface area contributed by atoms with E-state index in [4.69, 9.17) is 4.55 Å². The van der Waals surface area contributed by atoms with Crippen LogP contribution in [-0.2, 0) is 24.2 Å². The molecular weight excluding hydrogens is 431 g/mol. The molecule has 0 aliphatic heterocycles. The third-order valence-electron chi connectivity index (χ3n) is 5.61. The molecule has 0 rings (SSSR count). The molecule has 0 radical (unpaired) electrons. The molecule has 0 saturated heterocycles. The van der Waals surface area contributed by atoms with Crippen LogP contribution in [0, 0.1) is 5.41 Å². The molecule has 9 heteroatoms. The molecule has 0 atom stereocenters. The fourth-order valence-corrected chi connectivity index (χ4v) is 4.25. The zero-order valence-electron chi connectivity index (χ0n) is 19.8. The molecule has 0 spiro atoms. The zero-order chi connectivity index (χ0) is 22.9. The molecule has 7 nitrogen and oxygen atoms in total. The number of carboxylic acid groups (broad SMARTS) is 1. The van der Waals surface area contributed by atoms with Gasteiger partial charge < -0.3 is 14.1 Å². The maximum absolute atomic E-state index is 12.6. The Morgan fingerprint density at radius 1 is 0.774 bits per heavy atom. The van der Waals surface area contributed by atoms with Crippen LogP contribution in [0.4, 0.5) is 0 Å². The number of hydrogen-bond donors (Lipinski definition) is 1. The average Bonchev–Trinajstić information content (AvgIpc) is 2.64. The van der Waals surface area contributed by atoms with Crippen LogP contribution in [0.15, 0.2) is 0 Å². The van der Waals surface area contributed by atoms with Gasteiger partial charge in [0.2, 0.25) is 0 Å². The van der Waals surface area contributed by atoms with E-state index in [1.807, 2.05) is 0 Å². The number of carbonyl (C=O) groups is 2. The molecule has 0 aromatic rings. The van der Waals surface area contributed by atoms with E-state index in [1.54, 1.807) is 0 Å². The van der Waals surface area contributed by atoms with E-state index in [2.05, 4.69) is 18.0 Å². The number of hydrogen-bond acceptors (Lipinski definition) is 6. The number of rotatable bonds is 20. The van der Waals surface area contributed by atoms with Crippen molar-refractivity contribution in [3.05, 3.63) is 0 Å². The van der Waals surface area contributed by atoms with Gasteiger partial charge in [-0.1, -0.05) is 104 Å². The van der Waals surface area contributed by atoms with Crippen LogP contribution >= 0.6 is 0 Å². The Labute approximate surface area is 211 Å². The monoisotopic (exact) mass is 472 g/mol. The molecule has 178 valence electrons. The van der Waals surface area contributed by atoms with Crippen LogP contribution in [-0.4, -0.2) is 24.9 Å². The Hall–Kier alpha value is -0.150. The number of unbranched alkanes of at least 4 members (excludes halogenated alkanes) is 12. The van der Waals surface area contributed by atoms with Crippen LogP contribution in [0.1, 0.15) is 123 Å². The fraction of sp³-hybridized carbons (Fsp3) is 0.909. The maximum Gasteiger partial charge on any atom is 1.00 e. The second kappa shape index (κ2) is 19.3. The molecule has 0 aromatic heterocycles. The van der Waals surface area contributed by atoms with Crippen molar-refractivity contribution in [1.29, 1.82) is 0 Å². The SMILES string of the molecule is CCCCCCCCCC(CCCCCCCCC)(CC(=O)[O-])C(=O)OS(=O)(=O)O.[Na+]. The van der Waals surface area contributed by atoms with Crippen molar-refractivity contribution in [2.45, 2.75) is 123 Å². The van der Waals surface area contributed by atoms with Gasteiger partial charge in [-0.05, 0) is 12.8 Å². The van der Waals surface area contributed by atoms with E-state index in [9.17, 15) is 23.1 Å². The largest absolute Gasteiger partial charge is 1.00 e. The summed E-state index contributed by atoms with van der Waals surface area (Å²) in [5.74, 6) is -2.61. The minimum absolute atomic E-state index is 0. The third kappa shape index (κ3) is 18.0. The Kier molecular flexibility index (Phi) is 20.6. The van der Waals surface area contributed by atoms with Gasteiger partial charge >= 0.3 is 45.9 Å². The molecule has 0 fully saturated rings. The average molecular weight is 473 g/mol. The number of carboxylic acids is 1. The summed E-state index contributed by atoms with van der Waals surface area (Å²) in [5, 5.41) is 11.4. The minimum Gasteiger partial charge on any atom is -0.550 e. The van der Waals surface area contributed by atoms with Crippen molar-refractivity contribution in [2.24, 2.45) is 5.41 Å². The first-order valence-electron chi connectivity index (χ1n) is 11.6. The molecule has 0 saturated carbocycles. The standard InChI is InChI=1S/C22H42O7S.Na/c1-3-5-7-9-11-13-15-17-22(19-20(23)24,21(25)29-30(26,27)28)18-16-14-12-10-8-6-4-2;/h3-19H2,1-2H3,(H,23,24)(H,26,27,28);/q;+1/p-1. The number of aliphatic carboxylic acids is 1. The molecule has 0 bridgehead atoms. The van der Waals surface area contributed by atoms with E-state index in [0.29, 0.717) is 12.8 Å². The van der Waals surface area contributed by atoms with Gasteiger partial charge in [0.25, 0.3) is 0 Å². The second-order valence-corrected chi connectivity index (χ2v) is 9.39. The van der Waals surface area contributed by atoms with E-state index < -0.39 is 34.2 Å². The summed E-state index contributed by atoms with van der Waals surface area (Å²) in [6.07, 6.45) is 13.7. The Morgan fingerprint density at radius 3 is 1.45 bits per heavy atom. The van der Waals surface area contributed by atoms with Gasteiger partial charge in [0.15, 0.2) is 0 Å². The Morgan fingerprint density at radius 2 is 1.13 bits per heavy atom. The van der Waals surface area contributed by atoms with E-state index in [1.165, 1.54) is 12.8 Å². The fourth-order valence-electron chi connectivity index (χ4n) is 3.88. The zero-order valence-corrected chi connectivity index (χ0v) is 22.6. The van der Waals surface area contributed by atoms with Gasteiger partial charge in [-0.15, -0.1) is 0 Å². The third-order valence-corrected chi connectivity index (χ3v) is 5.98. The summed E-state index contributed by atoms with van der Waals surface area (Å²) in [7, 11) is -5.00. The first-order valence-corrected chi connectivity index (χ1v) is 12.9. The van der Waals surface area contributed by atoms with Crippen LogP contribution < -0.4 is 34.7 Å². The first kappa shape index (κ1) is 33.0. The van der Waals surface area contributed by atoms with Gasteiger partial charge in [0, 0.05) is 12.4 Å². The summed E-state index contributed by atoms with van der Waals surface area (Å²) in [6.45, 7) is 4.28. The molecule has 0 heterocycles. The Bertz CT molecular complexity index is 560. The van der Waals surface area contributed by atoms with E-state index in [0.717, 1.165) is 64.2 Å². The van der Waals surface area contributed by atoms with Crippen molar-refractivity contribution in [2.75, 3.05) is 0 Å². The molecule has 1 N–H and O–H groups in total. The van der Waals surface area contributed by atoms with Gasteiger partial charge in [0.1, 0.15) is 0 Å². The summed E-state index contributed by atoms with van der Waals surface area (Å²) >= 11 is 0. The predicted molar refractivity (Wildman–Crippen MR) is 115 cm³/mol. The van der Waals surface area contributed by atoms with Gasteiger partial charge in [-0.25, -0.2) is 0 Å². The topological polar surface area (TPSA) is 121 Å². The smallest absolute Gasteiger partial charge is 0.550 e. The first-order chi connectivity index (χ1) is 14.2. The van der Waals surface area contributed by atoms with Gasteiger partial charge in [0.05, 0.1) is 5.41 Å². The normalized spacial score (nSPS) is 11.7. The predicted octanol–water partition coefficient (Wildman–Crippen LogP) is 1.74. The van der Waals surface area contributed by atoms with Crippen LogP contribution in [0.3, 0.4) is 0 Å². The number of carbonyl (C=O) groups excluding carboxylic acids is 2. The van der Waals surface area contributed by atoms with Crippen LogP contribution in [0.5, 0.6) is 0 Å². The summed E-state index contributed by atoms with van der Waals surface area (Å²) in [4.78, 5) is 23.9. The molecule has 0 amide bonds. The molecule has 0 aliphatic carbocycles. The van der Waals surface area contributed by atoms with E-state index in [-0.39, 0.29) is 42.4 Å². The van der Waals surface area contributed by atoms with Crippen LogP contribution in [0.25, 0.3) is 0 Å². The summed E-state index contributed by atoms with van der Waals surface area (Å²) in [5.41, 5.74) is -1.48. The molecule has 0 aromatic carbocycles.